The van der Waals surface area contributed by atoms with Crippen molar-refractivity contribution in [1.82, 2.24) is 15.1 Å². The van der Waals surface area contributed by atoms with E-state index in [1.54, 1.807) is 6.92 Å². The molecule has 1 heterocycles. The molecule has 2 rings (SSSR count). The zero-order valence-electron chi connectivity index (χ0n) is 18.5. The van der Waals surface area contributed by atoms with E-state index in [-0.39, 0.29) is 44.0 Å². The average molecular weight is 434 g/mol. The highest BCUT2D eigenvalue weighted by atomic mass is 16.5. The molecule has 1 saturated heterocycles. The highest BCUT2D eigenvalue weighted by Crippen LogP contribution is 2.17. The zero-order valence-corrected chi connectivity index (χ0v) is 18.5. The van der Waals surface area contributed by atoms with Gasteiger partial charge >= 0.3 is 12.1 Å². The van der Waals surface area contributed by atoms with Gasteiger partial charge < -0.3 is 24.6 Å². The Kier molecular flexibility index (Phi) is 8.84. The lowest BCUT2D eigenvalue weighted by atomic mass is 10.0. The molecule has 170 valence electrons. The van der Waals surface area contributed by atoms with Gasteiger partial charge in [-0.3, -0.25) is 9.59 Å². The van der Waals surface area contributed by atoms with Crippen molar-refractivity contribution in [3.8, 4) is 0 Å². The molecule has 9 nitrogen and oxygen atoms in total. The quantitative estimate of drug-likeness (QED) is 0.624. The molecule has 1 aromatic carbocycles. The Labute approximate surface area is 182 Å². The number of ether oxygens (including phenoxy) is 2. The topological polar surface area (TPSA) is 105 Å². The molecule has 0 radical (unpaired) electrons. The minimum Gasteiger partial charge on any atom is -0.467 e. The number of piperazine rings is 1. The number of nitrogens with one attached hydrogen (secondary N) is 1. The van der Waals surface area contributed by atoms with Crippen molar-refractivity contribution >= 4 is 23.9 Å². The van der Waals surface area contributed by atoms with E-state index in [0.717, 1.165) is 5.56 Å². The molecule has 1 aliphatic rings. The van der Waals surface area contributed by atoms with Gasteiger partial charge in [0.15, 0.2) is 0 Å². The first-order chi connectivity index (χ1) is 14.7. The number of carbonyl (C=O) groups excluding carboxylic acids is 4. The maximum Gasteiger partial charge on any atom is 0.408 e. The monoisotopic (exact) mass is 433 g/mol. The molecule has 9 heteroatoms. The Hall–Kier alpha value is -3.10. The van der Waals surface area contributed by atoms with E-state index < -0.39 is 24.1 Å². The maximum atomic E-state index is 12.7. The molecule has 1 aliphatic heterocycles. The Bertz CT molecular complexity index is 783. The van der Waals surface area contributed by atoms with E-state index >= 15 is 0 Å². The molecular formula is C22H31N3O6. The van der Waals surface area contributed by atoms with Crippen molar-refractivity contribution in [3.05, 3.63) is 35.9 Å². The number of hydrogen-bond donors (Lipinski definition) is 1. The number of nitrogens with zero attached hydrogens (tertiary/aromatic N) is 2. The first kappa shape index (κ1) is 24.2. The van der Waals surface area contributed by atoms with Crippen LogP contribution in [0.1, 0.15) is 32.8 Å². The minimum absolute atomic E-state index is 0.0928. The third-order valence-corrected chi connectivity index (χ3v) is 5.03. The summed E-state index contributed by atoms with van der Waals surface area (Å²) in [6.45, 7) is 5.89. The lowest BCUT2D eigenvalue weighted by molar-refractivity contribution is -0.158. The van der Waals surface area contributed by atoms with Gasteiger partial charge in [-0.2, -0.15) is 0 Å². The smallest absolute Gasteiger partial charge is 0.408 e. The van der Waals surface area contributed by atoms with E-state index in [9.17, 15) is 19.2 Å². The number of amides is 3. The number of benzene rings is 1. The molecule has 1 N–H and O–H groups in total. The van der Waals surface area contributed by atoms with Gasteiger partial charge in [0.2, 0.25) is 11.8 Å². The van der Waals surface area contributed by atoms with Crippen molar-refractivity contribution in [2.75, 3.05) is 26.7 Å². The summed E-state index contributed by atoms with van der Waals surface area (Å²) >= 11 is 0. The number of hydrogen-bond acceptors (Lipinski definition) is 6. The summed E-state index contributed by atoms with van der Waals surface area (Å²) in [6.07, 6.45) is -0.227. The van der Waals surface area contributed by atoms with E-state index in [2.05, 4.69) is 5.32 Å². The normalized spacial score (nSPS) is 16.0. The lowest BCUT2D eigenvalue weighted by Crippen LogP contribution is -2.60. The first-order valence-corrected chi connectivity index (χ1v) is 10.4. The van der Waals surface area contributed by atoms with Gasteiger partial charge in [-0.25, -0.2) is 9.59 Å². The van der Waals surface area contributed by atoms with Crippen molar-refractivity contribution in [2.24, 2.45) is 5.92 Å². The number of methoxy groups -OCH3 is 1. The zero-order chi connectivity index (χ0) is 23.0. The predicted molar refractivity (Wildman–Crippen MR) is 113 cm³/mol. The lowest BCUT2D eigenvalue weighted by Gasteiger charge is -2.39. The molecular weight excluding hydrogens is 402 g/mol. The third kappa shape index (κ3) is 6.97. The third-order valence-electron chi connectivity index (χ3n) is 5.03. The van der Waals surface area contributed by atoms with Crippen LogP contribution in [-0.4, -0.2) is 72.5 Å². The van der Waals surface area contributed by atoms with Crippen LogP contribution in [0.2, 0.25) is 0 Å². The summed E-state index contributed by atoms with van der Waals surface area (Å²) in [5, 5.41) is 2.50. The molecule has 0 unspecified atom stereocenters. The van der Waals surface area contributed by atoms with Crippen LogP contribution in [0.15, 0.2) is 30.3 Å². The maximum absolute atomic E-state index is 12.7. The van der Waals surface area contributed by atoms with Crippen molar-refractivity contribution in [3.63, 3.8) is 0 Å². The van der Waals surface area contributed by atoms with Crippen LogP contribution < -0.4 is 5.32 Å². The second kappa shape index (κ2) is 11.3. The van der Waals surface area contributed by atoms with E-state index in [0.29, 0.717) is 6.42 Å². The highest BCUT2D eigenvalue weighted by Gasteiger charge is 2.37. The predicted octanol–water partition coefficient (Wildman–Crippen LogP) is 1.56. The standard InChI is InChI=1S/C22H31N3O6/c1-15(2)12-18(21(28)30-4)25-11-10-24(13-19(25)26)20(27)16(3)23-22(29)31-14-17-8-6-5-7-9-17/h5-9,15-16,18H,10-14H2,1-4H3,(H,23,29)/t16-,18-/m0/s1. The number of esters is 1. The average Bonchev–Trinajstić information content (AvgIpc) is 2.75. The molecule has 0 aromatic heterocycles. The van der Waals surface area contributed by atoms with Crippen molar-refractivity contribution in [1.29, 1.82) is 0 Å². The summed E-state index contributed by atoms with van der Waals surface area (Å²) in [4.78, 5) is 52.4. The van der Waals surface area contributed by atoms with Gasteiger partial charge in [-0.1, -0.05) is 44.2 Å². The Morgan fingerprint density at radius 3 is 2.35 bits per heavy atom. The molecule has 31 heavy (non-hydrogen) atoms. The fraction of sp³-hybridized carbons (Fsp3) is 0.545. The van der Waals surface area contributed by atoms with Gasteiger partial charge in [0.1, 0.15) is 18.7 Å². The van der Waals surface area contributed by atoms with Gasteiger partial charge in [-0.15, -0.1) is 0 Å². The van der Waals surface area contributed by atoms with Crippen LogP contribution in [0, 0.1) is 5.92 Å². The molecule has 0 saturated carbocycles. The van der Waals surface area contributed by atoms with Crippen LogP contribution in [0.3, 0.4) is 0 Å². The molecule has 0 bridgehead atoms. The van der Waals surface area contributed by atoms with Gasteiger partial charge in [-0.05, 0) is 24.8 Å². The first-order valence-electron chi connectivity index (χ1n) is 10.4. The van der Waals surface area contributed by atoms with Crippen molar-refractivity contribution in [2.45, 2.75) is 45.9 Å². The second-order valence-electron chi connectivity index (χ2n) is 7.94. The van der Waals surface area contributed by atoms with Gasteiger partial charge in [0, 0.05) is 13.1 Å². The summed E-state index contributed by atoms with van der Waals surface area (Å²) in [5.41, 5.74) is 0.833. The number of alkyl carbamates (subject to hydrolysis) is 1. The molecule has 0 aliphatic carbocycles. The minimum atomic E-state index is -0.852. The molecule has 0 spiro atoms. The van der Waals surface area contributed by atoms with E-state index in [1.807, 2.05) is 44.2 Å². The SMILES string of the molecule is COC(=O)[C@H](CC(C)C)N1CCN(C(=O)[C@H](C)NC(=O)OCc2ccccc2)CC1=O. The summed E-state index contributed by atoms with van der Waals surface area (Å²) in [7, 11) is 1.30. The Balaban J connectivity index is 1.88. The largest absolute Gasteiger partial charge is 0.467 e. The summed E-state index contributed by atoms with van der Waals surface area (Å²) < 4.78 is 9.99. The Morgan fingerprint density at radius 2 is 1.77 bits per heavy atom. The van der Waals surface area contributed by atoms with E-state index in [4.69, 9.17) is 9.47 Å². The summed E-state index contributed by atoms with van der Waals surface area (Å²) in [6, 6.07) is 7.67. The fourth-order valence-electron chi connectivity index (χ4n) is 3.41. The Morgan fingerprint density at radius 1 is 1.10 bits per heavy atom. The second-order valence-corrected chi connectivity index (χ2v) is 7.94. The van der Waals surface area contributed by atoms with Crippen LogP contribution in [0.25, 0.3) is 0 Å². The molecule has 2 atom stereocenters. The van der Waals surface area contributed by atoms with Crippen LogP contribution in [0.4, 0.5) is 4.79 Å². The molecule has 3 amide bonds. The highest BCUT2D eigenvalue weighted by molar-refractivity contribution is 5.92. The summed E-state index contributed by atoms with van der Waals surface area (Å²) in [5.74, 6) is -0.974. The van der Waals surface area contributed by atoms with Crippen LogP contribution in [-0.2, 0) is 30.5 Å². The van der Waals surface area contributed by atoms with E-state index in [1.165, 1.54) is 16.9 Å². The fourth-order valence-corrected chi connectivity index (χ4v) is 3.41. The van der Waals surface area contributed by atoms with Crippen LogP contribution in [0.5, 0.6) is 0 Å². The van der Waals surface area contributed by atoms with Crippen molar-refractivity contribution < 1.29 is 28.7 Å². The molecule has 1 aromatic rings. The molecule has 1 fully saturated rings. The van der Waals surface area contributed by atoms with Crippen LogP contribution >= 0.6 is 0 Å². The number of carbonyl (C=O) groups is 4. The van der Waals surface area contributed by atoms with Gasteiger partial charge in [0.25, 0.3) is 0 Å². The number of rotatable bonds is 8. The van der Waals surface area contributed by atoms with Gasteiger partial charge in [0.05, 0.1) is 13.7 Å².